The van der Waals surface area contributed by atoms with Crippen LogP contribution in [-0.4, -0.2) is 23.7 Å². The maximum absolute atomic E-state index is 11.9. The lowest BCUT2D eigenvalue weighted by atomic mass is 10.3. The minimum absolute atomic E-state index is 0.378. The first-order valence-electron chi connectivity index (χ1n) is 6.90. The molecule has 1 aromatic carbocycles. The fourth-order valence-electron chi connectivity index (χ4n) is 1.78. The Kier molecular flexibility index (Phi) is 5.11. The van der Waals surface area contributed by atoms with Crippen molar-refractivity contribution in [1.29, 1.82) is 0 Å². The van der Waals surface area contributed by atoms with Crippen molar-refractivity contribution >= 4 is 17.1 Å². The molecule has 0 saturated heterocycles. The van der Waals surface area contributed by atoms with E-state index in [1.54, 1.807) is 19.9 Å². The Morgan fingerprint density at radius 3 is 2.90 bits per heavy atom. The monoisotopic (exact) mass is 289 g/mol. The van der Waals surface area contributed by atoms with E-state index >= 15 is 0 Å². The van der Waals surface area contributed by atoms with Crippen molar-refractivity contribution in [2.45, 2.75) is 32.5 Å². The van der Waals surface area contributed by atoms with E-state index < -0.39 is 18.2 Å². The summed E-state index contributed by atoms with van der Waals surface area (Å²) in [5.74, 6) is -0.0586. The van der Waals surface area contributed by atoms with Gasteiger partial charge in [0.25, 0.3) is 0 Å². The fraction of sp³-hybridized carbons (Fsp3) is 0.375. The van der Waals surface area contributed by atoms with Crippen LogP contribution in [0.15, 0.2) is 41.3 Å². The molecule has 1 heterocycles. The lowest BCUT2D eigenvalue weighted by Crippen LogP contribution is -2.25. The van der Waals surface area contributed by atoms with E-state index in [9.17, 15) is 4.79 Å². The second kappa shape index (κ2) is 7.04. The molecule has 2 rings (SSSR count). The Labute approximate surface area is 123 Å². The number of nitrogens with zero attached hydrogens (tertiary/aromatic N) is 1. The maximum atomic E-state index is 11.9. The molecule has 2 aromatic rings. The van der Waals surface area contributed by atoms with Crippen molar-refractivity contribution in [1.82, 2.24) is 4.98 Å². The molecule has 0 unspecified atom stereocenters. The van der Waals surface area contributed by atoms with Gasteiger partial charge in [-0.1, -0.05) is 18.2 Å². The van der Waals surface area contributed by atoms with Crippen LogP contribution in [-0.2, 0) is 14.3 Å². The number of esters is 1. The Bertz CT molecular complexity index is 587. The highest BCUT2D eigenvalue weighted by Crippen LogP contribution is 2.22. The molecule has 0 spiro atoms. The maximum Gasteiger partial charge on any atom is 0.335 e. The number of carbonyl (C=O) groups excluding carboxylic acids is 1. The summed E-state index contributed by atoms with van der Waals surface area (Å²) in [6.07, 6.45) is 1.24. The average Bonchev–Trinajstić information content (AvgIpc) is 2.91. The first kappa shape index (κ1) is 15.3. The van der Waals surface area contributed by atoms with E-state index in [1.807, 2.05) is 24.3 Å². The molecule has 0 fully saturated rings. The number of carbonyl (C=O) groups is 1. The third-order valence-corrected chi connectivity index (χ3v) is 2.97. The molecule has 5 heteroatoms. The summed E-state index contributed by atoms with van der Waals surface area (Å²) in [4.78, 5) is 16.2. The summed E-state index contributed by atoms with van der Waals surface area (Å²) in [6.45, 7) is 7.41. The highest BCUT2D eigenvalue weighted by Gasteiger charge is 2.22. The molecule has 5 nitrogen and oxygen atoms in total. The first-order valence-corrected chi connectivity index (χ1v) is 6.90. The van der Waals surface area contributed by atoms with Crippen molar-refractivity contribution in [3.63, 3.8) is 0 Å². The van der Waals surface area contributed by atoms with E-state index in [0.29, 0.717) is 24.5 Å². The molecule has 0 saturated carbocycles. The summed E-state index contributed by atoms with van der Waals surface area (Å²) < 4.78 is 16.2. The number of ether oxygens (including phenoxy) is 2. The number of rotatable bonds is 7. The SMILES string of the molecule is C=CCCO[C@@H](C)C(=O)O[C@H](C)c1nc2ccccc2o1. The molecule has 0 radical (unpaired) electrons. The lowest BCUT2D eigenvalue weighted by Gasteiger charge is -2.14. The van der Waals surface area contributed by atoms with Gasteiger partial charge in [-0.05, 0) is 32.4 Å². The van der Waals surface area contributed by atoms with E-state index in [2.05, 4.69) is 11.6 Å². The molecule has 0 amide bonds. The highest BCUT2D eigenvalue weighted by atomic mass is 16.6. The Balaban J connectivity index is 1.95. The van der Waals surface area contributed by atoms with E-state index in [4.69, 9.17) is 13.9 Å². The summed E-state index contributed by atoms with van der Waals surface area (Å²) in [6, 6.07) is 7.41. The first-order chi connectivity index (χ1) is 10.1. The molecule has 2 atom stereocenters. The van der Waals surface area contributed by atoms with Gasteiger partial charge in [0, 0.05) is 0 Å². The number of hydrogen-bond donors (Lipinski definition) is 0. The topological polar surface area (TPSA) is 61.6 Å². The van der Waals surface area contributed by atoms with Crippen molar-refractivity contribution < 1.29 is 18.7 Å². The second-order valence-corrected chi connectivity index (χ2v) is 4.69. The van der Waals surface area contributed by atoms with Gasteiger partial charge in [0.05, 0.1) is 6.61 Å². The van der Waals surface area contributed by atoms with Gasteiger partial charge < -0.3 is 13.9 Å². The van der Waals surface area contributed by atoms with E-state index in [-0.39, 0.29) is 0 Å². The molecular formula is C16H19NO4. The van der Waals surface area contributed by atoms with Gasteiger partial charge >= 0.3 is 5.97 Å². The number of benzene rings is 1. The zero-order chi connectivity index (χ0) is 15.2. The van der Waals surface area contributed by atoms with Gasteiger partial charge in [-0.15, -0.1) is 6.58 Å². The van der Waals surface area contributed by atoms with Crippen LogP contribution in [0.2, 0.25) is 0 Å². The lowest BCUT2D eigenvalue weighted by molar-refractivity contribution is -0.162. The molecule has 1 aromatic heterocycles. The molecule has 0 aliphatic carbocycles. The molecule has 0 aliphatic rings. The number of aromatic nitrogens is 1. The predicted octanol–water partition coefficient (Wildman–Crippen LogP) is 3.41. The smallest absolute Gasteiger partial charge is 0.335 e. The van der Waals surface area contributed by atoms with Crippen LogP contribution < -0.4 is 0 Å². The number of oxazole rings is 1. The average molecular weight is 289 g/mol. The van der Waals surface area contributed by atoms with Gasteiger partial charge in [0.1, 0.15) is 5.52 Å². The minimum atomic E-state index is -0.628. The van der Waals surface area contributed by atoms with Crippen LogP contribution in [0.3, 0.4) is 0 Å². The van der Waals surface area contributed by atoms with Crippen LogP contribution in [0.5, 0.6) is 0 Å². The molecule has 21 heavy (non-hydrogen) atoms. The highest BCUT2D eigenvalue weighted by molar-refractivity contribution is 5.75. The third-order valence-electron chi connectivity index (χ3n) is 2.97. The summed E-state index contributed by atoms with van der Waals surface area (Å²) >= 11 is 0. The predicted molar refractivity (Wildman–Crippen MR) is 78.7 cm³/mol. The summed E-state index contributed by atoms with van der Waals surface area (Å²) in [5.41, 5.74) is 1.41. The zero-order valence-corrected chi connectivity index (χ0v) is 12.2. The van der Waals surface area contributed by atoms with Crippen LogP contribution in [0, 0.1) is 0 Å². The van der Waals surface area contributed by atoms with Crippen molar-refractivity contribution in [3.8, 4) is 0 Å². The Hall–Kier alpha value is -2.14. The number of fused-ring (bicyclic) bond motifs is 1. The van der Waals surface area contributed by atoms with Gasteiger partial charge in [-0.25, -0.2) is 9.78 Å². The van der Waals surface area contributed by atoms with Crippen molar-refractivity contribution in [2.24, 2.45) is 0 Å². The van der Waals surface area contributed by atoms with Gasteiger partial charge in [-0.2, -0.15) is 0 Å². The van der Waals surface area contributed by atoms with Gasteiger partial charge in [-0.3, -0.25) is 0 Å². The molecular weight excluding hydrogens is 270 g/mol. The summed E-state index contributed by atoms with van der Waals surface area (Å²) in [7, 11) is 0. The third kappa shape index (κ3) is 3.92. The van der Waals surface area contributed by atoms with E-state index in [1.165, 1.54) is 0 Å². The standard InChI is InChI=1S/C16H19NO4/c1-4-5-10-19-12(3)16(18)20-11(2)15-17-13-8-6-7-9-14(13)21-15/h4,6-9,11-12H,1,5,10H2,2-3H3/t11-,12+/m1/s1. The van der Waals surface area contributed by atoms with Crippen LogP contribution in [0.4, 0.5) is 0 Å². The van der Waals surface area contributed by atoms with Crippen molar-refractivity contribution in [3.05, 3.63) is 42.8 Å². The number of hydrogen-bond acceptors (Lipinski definition) is 5. The van der Waals surface area contributed by atoms with Gasteiger partial charge in [0.2, 0.25) is 5.89 Å². The Morgan fingerprint density at radius 1 is 1.43 bits per heavy atom. The van der Waals surface area contributed by atoms with Crippen LogP contribution >= 0.6 is 0 Å². The van der Waals surface area contributed by atoms with E-state index in [0.717, 1.165) is 5.52 Å². The Morgan fingerprint density at radius 2 is 2.19 bits per heavy atom. The van der Waals surface area contributed by atoms with Crippen LogP contribution in [0.1, 0.15) is 32.3 Å². The van der Waals surface area contributed by atoms with Crippen LogP contribution in [0.25, 0.3) is 11.1 Å². The quantitative estimate of drug-likeness (QED) is 0.444. The number of para-hydroxylation sites is 2. The normalized spacial score (nSPS) is 13.8. The molecule has 0 bridgehead atoms. The summed E-state index contributed by atoms with van der Waals surface area (Å²) in [5, 5.41) is 0. The zero-order valence-electron chi connectivity index (χ0n) is 12.2. The molecule has 112 valence electrons. The van der Waals surface area contributed by atoms with Gasteiger partial charge in [0.15, 0.2) is 17.8 Å². The second-order valence-electron chi connectivity index (χ2n) is 4.69. The largest absolute Gasteiger partial charge is 0.451 e. The minimum Gasteiger partial charge on any atom is -0.451 e. The molecule has 0 N–H and O–H groups in total. The van der Waals surface area contributed by atoms with Crippen molar-refractivity contribution in [2.75, 3.05) is 6.61 Å². The fourth-order valence-corrected chi connectivity index (χ4v) is 1.78. The molecule has 0 aliphatic heterocycles.